The van der Waals surface area contributed by atoms with Gasteiger partial charge < -0.3 is 10.4 Å². The van der Waals surface area contributed by atoms with Gasteiger partial charge in [-0.1, -0.05) is 30.3 Å². The normalized spacial score (nSPS) is 12.7. The minimum atomic E-state index is -1.11. The molecule has 0 aliphatic carbocycles. The lowest BCUT2D eigenvalue weighted by molar-refractivity contribution is -0.139. The summed E-state index contributed by atoms with van der Waals surface area (Å²) in [5, 5.41) is 16.2. The Morgan fingerprint density at radius 3 is 2.30 bits per heavy atom. The number of carboxylic acid groups (broad SMARTS) is 1. The fourth-order valence-electron chi connectivity index (χ4n) is 2.45. The molecule has 0 bridgehead atoms. The number of carbonyl (C=O) groups excluding carboxylic acids is 1. The van der Waals surface area contributed by atoms with Crippen molar-refractivity contribution in [1.29, 1.82) is 0 Å². The van der Waals surface area contributed by atoms with Gasteiger partial charge in [0.15, 0.2) is 6.04 Å². The Bertz CT molecular complexity index is 714. The standard InChI is InChI=1S/C17H21N3O3/c1-11-13(10-18-20(11)17(2,3)4)15(21)19-14(16(22)23)12-8-6-5-7-9-12/h5-10,14H,1-4H3,(H,19,21)(H,22,23)/t14-/m0/s1. The Labute approximate surface area is 135 Å². The Balaban J connectivity index is 2.27. The number of hydrogen-bond acceptors (Lipinski definition) is 3. The van der Waals surface area contributed by atoms with Gasteiger partial charge in [-0.15, -0.1) is 0 Å². The van der Waals surface area contributed by atoms with Crippen LogP contribution in [0.1, 0.15) is 48.4 Å². The van der Waals surface area contributed by atoms with E-state index in [0.717, 1.165) is 0 Å². The fourth-order valence-corrected chi connectivity index (χ4v) is 2.45. The van der Waals surface area contributed by atoms with E-state index in [1.165, 1.54) is 6.20 Å². The van der Waals surface area contributed by atoms with Gasteiger partial charge in [0, 0.05) is 5.69 Å². The molecule has 1 aromatic heterocycles. The highest BCUT2D eigenvalue weighted by Crippen LogP contribution is 2.19. The van der Waals surface area contributed by atoms with Gasteiger partial charge in [0.05, 0.1) is 17.3 Å². The third-order valence-electron chi connectivity index (χ3n) is 3.55. The van der Waals surface area contributed by atoms with Gasteiger partial charge in [-0.2, -0.15) is 5.10 Å². The predicted octanol–water partition coefficient (Wildman–Crippen LogP) is 2.50. The lowest BCUT2D eigenvalue weighted by Crippen LogP contribution is -2.34. The molecule has 0 aliphatic heterocycles. The molecule has 23 heavy (non-hydrogen) atoms. The van der Waals surface area contributed by atoms with Crippen molar-refractivity contribution in [3.8, 4) is 0 Å². The summed E-state index contributed by atoms with van der Waals surface area (Å²) in [6.45, 7) is 7.75. The molecule has 6 heteroatoms. The minimum Gasteiger partial charge on any atom is -0.479 e. The van der Waals surface area contributed by atoms with Gasteiger partial charge in [-0.3, -0.25) is 9.48 Å². The topological polar surface area (TPSA) is 84.2 Å². The number of nitrogens with one attached hydrogen (secondary N) is 1. The second-order valence-electron chi connectivity index (χ2n) is 6.38. The average molecular weight is 315 g/mol. The van der Waals surface area contributed by atoms with Gasteiger partial charge in [-0.25, -0.2) is 4.79 Å². The van der Waals surface area contributed by atoms with Crippen LogP contribution < -0.4 is 5.32 Å². The smallest absolute Gasteiger partial charge is 0.330 e. The summed E-state index contributed by atoms with van der Waals surface area (Å²) in [5.41, 5.74) is 1.34. The van der Waals surface area contributed by atoms with Crippen LogP contribution in [0.25, 0.3) is 0 Å². The highest BCUT2D eigenvalue weighted by atomic mass is 16.4. The molecule has 0 aliphatic rings. The van der Waals surface area contributed by atoms with Crippen molar-refractivity contribution in [2.45, 2.75) is 39.3 Å². The highest BCUT2D eigenvalue weighted by molar-refractivity contribution is 5.97. The zero-order valence-electron chi connectivity index (χ0n) is 13.7. The molecule has 2 aromatic rings. The first-order valence-corrected chi connectivity index (χ1v) is 7.35. The average Bonchev–Trinajstić information content (AvgIpc) is 2.87. The van der Waals surface area contributed by atoms with Crippen molar-refractivity contribution in [2.75, 3.05) is 0 Å². The molecule has 2 rings (SSSR count). The summed E-state index contributed by atoms with van der Waals surface area (Å²) in [4.78, 5) is 23.9. The van der Waals surface area contributed by atoms with Gasteiger partial charge in [0.2, 0.25) is 0 Å². The highest BCUT2D eigenvalue weighted by Gasteiger charge is 2.26. The van der Waals surface area contributed by atoms with Gasteiger partial charge in [0.1, 0.15) is 0 Å². The van der Waals surface area contributed by atoms with Crippen LogP contribution in [0.15, 0.2) is 36.5 Å². The molecule has 6 nitrogen and oxygen atoms in total. The molecule has 0 spiro atoms. The van der Waals surface area contributed by atoms with E-state index in [0.29, 0.717) is 16.8 Å². The Morgan fingerprint density at radius 2 is 1.83 bits per heavy atom. The number of carbonyl (C=O) groups is 2. The van der Waals surface area contributed by atoms with E-state index >= 15 is 0 Å². The molecule has 1 aromatic carbocycles. The maximum absolute atomic E-state index is 12.5. The van der Waals surface area contributed by atoms with Crippen LogP contribution in [0.4, 0.5) is 0 Å². The van der Waals surface area contributed by atoms with E-state index in [4.69, 9.17) is 0 Å². The van der Waals surface area contributed by atoms with Crippen molar-refractivity contribution in [2.24, 2.45) is 0 Å². The first-order chi connectivity index (χ1) is 10.7. The summed E-state index contributed by atoms with van der Waals surface area (Å²) in [6.07, 6.45) is 1.47. The van der Waals surface area contributed by atoms with Crippen LogP contribution in [-0.2, 0) is 10.3 Å². The summed E-state index contributed by atoms with van der Waals surface area (Å²) < 4.78 is 1.75. The first kappa shape index (κ1) is 16.7. The van der Waals surface area contributed by atoms with E-state index in [-0.39, 0.29) is 5.54 Å². The molecule has 122 valence electrons. The molecule has 1 heterocycles. The van der Waals surface area contributed by atoms with Crippen LogP contribution in [0.5, 0.6) is 0 Å². The third-order valence-corrected chi connectivity index (χ3v) is 3.55. The SMILES string of the molecule is Cc1c(C(=O)N[C@H](C(=O)O)c2ccccc2)cnn1C(C)(C)C. The number of carboxylic acids is 1. The second kappa shape index (κ2) is 6.24. The molecular weight excluding hydrogens is 294 g/mol. The molecule has 0 fully saturated rings. The number of aromatic nitrogens is 2. The summed E-state index contributed by atoms with van der Waals surface area (Å²) in [7, 11) is 0. The monoisotopic (exact) mass is 315 g/mol. The maximum atomic E-state index is 12.5. The first-order valence-electron chi connectivity index (χ1n) is 7.35. The largest absolute Gasteiger partial charge is 0.479 e. The van der Waals surface area contributed by atoms with Crippen molar-refractivity contribution in [3.05, 3.63) is 53.3 Å². The summed E-state index contributed by atoms with van der Waals surface area (Å²) in [5.74, 6) is -1.56. The van der Waals surface area contributed by atoms with Crippen molar-refractivity contribution in [1.82, 2.24) is 15.1 Å². The third kappa shape index (κ3) is 3.59. The van der Waals surface area contributed by atoms with Gasteiger partial charge in [0.25, 0.3) is 5.91 Å². The van der Waals surface area contributed by atoms with E-state index in [1.807, 2.05) is 20.8 Å². The van der Waals surface area contributed by atoms with Gasteiger partial charge in [-0.05, 0) is 33.3 Å². The number of amides is 1. The maximum Gasteiger partial charge on any atom is 0.330 e. The van der Waals surface area contributed by atoms with Crippen molar-refractivity contribution < 1.29 is 14.7 Å². The fraction of sp³-hybridized carbons (Fsp3) is 0.353. The second-order valence-corrected chi connectivity index (χ2v) is 6.38. The van der Waals surface area contributed by atoms with Crippen LogP contribution in [0.3, 0.4) is 0 Å². The van der Waals surface area contributed by atoms with Crippen molar-refractivity contribution >= 4 is 11.9 Å². The zero-order valence-corrected chi connectivity index (χ0v) is 13.7. The van der Waals surface area contributed by atoms with E-state index in [1.54, 1.807) is 41.9 Å². The quantitative estimate of drug-likeness (QED) is 0.908. The molecule has 1 amide bonds. The lowest BCUT2D eigenvalue weighted by atomic mass is 10.1. The van der Waals surface area contributed by atoms with Crippen molar-refractivity contribution in [3.63, 3.8) is 0 Å². The Morgan fingerprint density at radius 1 is 1.22 bits per heavy atom. The number of rotatable bonds is 4. The number of nitrogens with zero attached hydrogens (tertiary/aromatic N) is 2. The summed E-state index contributed by atoms with van der Waals surface area (Å²) in [6, 6.07) is 7.51. The van der Waals surface area contributed by atoms with Crippen LogP contribution in [-0.4, -0.2) is 26.8 Å². The van der Waals surface area contributed by atoms with Gasteiger partial charge >= 0.3 is 5.97 Å². The van der Waals surface area contributed by atoms with E-state index in [9.17, 15) is 14.7 Å². The van der Waals surface area contributed by atoms with Crippen LogP contribution >= 0.6 is 0 Å². The lowest BCUT2D eigenvalue weighted by Gasteiger charge is -2.21. The number of benzene rings is 1. The van der Waals surface area contributed by atoms with Crippen LogP contribution in [0, 0.1) is 6.92 Å². The molecule has 0 saturated carbocycles. The number of aliphatic carboxylic acids is 1. The Hall–Kier alpha value is -2.63. The Kier molecular flexibility index (Phi) is 4.54. The molecule has 1 atom stereocenters. The predicted molar refractivity (Wildman–Crippen MR) is 86.2 cm³/mol. The number of hydrogen-bond donors (Lipinski definition) is 2. The molecule has 0 radical (unpaired) electrons. The summed E-state index contributed by atoms with van der Waals surface area (Å²) >= 11 is 0. The molecule has 0 saturated heterocycles. The van der Waals surface area contributed by atoms with E-state index < -0.39 is 17.9 Å². The molecular formula is C17H21N3O3. The molecule has 0 unspecified atom stereocenters. The van der Waals surface area contributed by atoms with Crippen LogP contribution in [0.2, 0.25) is 0 Å². The minimum absolute atomic E-state index is 0.256. The van der Waals surface area contributed by atoms with E-state index in [2.05, 4.69) is 10.4 Å². The molecule has 2 N–H and O–H groups in total. The zero-order chi connectivity index (χ0) is 17.2.